The standard InChI is InChI=1S/C19H21ClN4O2/c1-3-4-5-6-11-24-18(25)16(12-21)13(2)17(19(24)26)23-22-15-9-7-14(20)8-10-15/h7-10,25H,3-6,11H2,1-2H3. The molecule has 26 heavy (non-hydrogen) atoms. The molecule has 6 nitrogen and oxygen atoms in total. The summed E-state index contributed by atoms with van der Waals surface area (Å²) in [5, 5.41) is 28.3. The molecule has 136 valence electrons. The van der Waals surface area contributed by atoms with Gasteiger partial charge < -0.3 is 5.11 Å². The third-order valence-corrected chi connectivity index (χ3v) is 4.35. The quantitative estimate of drug-likeness (QED) is 0.522. The van der Waals surface area contributed by atoms with Crippen LogP contribution in [0.1, 0.15) is 43.7 Å². The van der Waals surface area contributed by atoms with E-state index in [0.29, 0.717) is 22.8 Å². The summed E-state index contributed by atoms with van der Waals surface area (Å²) >= 11 is 5.84. The van der Waals surface area contributed by atoms with Crippen molar-refractivity contribution < 1.29 is 5.11 Å². The van der Waals surface area contributed by atoms with Crippen LogP contribution < -0.4 is 5.56 Å². The summed E-state index contributed by atoms with van der Waals surface area (Å²) in [5.74, 6) is -0.308. The van der Waals surface area contributed by atoms with Gasteiger partial charge in [0.1, 0.15) is 11.6 Å². The van der Waals surface area contributed by atoms with Crippen LogP contribution in [-0.4, -0.2) is 9.67 Å². The zero-order valence-corrected chi connectivity index (χ0v) is 15.6. The van der Waals surface area contributed by atoms with Crippen molar-refractivity contribution in [3.63, 3.8) is 0 Å². The molecule has 0 bridgehead atoms. The van der Waals surface area contributed by atoms with Gasteiger partial charge in [-0.15, -0.1) is 5.11 Å². The van der Waals surface area contributed by atoms with Gasteiger partial charge in [0.15, 0.2) is 5.69 Å². The summed E-state index contributed by atoms with van der Waals surface area (Å²) in [6, 6.07) is 8.65. The van der Waals surface area contributed by atoms with Crippen molar-refractivity contribution in [3.8, 4) is 11.9 Å². The number of rotatable bonds is 7. The van der Waals surface area contributed by atoms with Gasteiger partial charge in [0.2, 0.25) is 5.88 Å². The molecule has 1 heterocycles. The van der Waals surface area contributed by atoms with Crippen molar-refractivity contribution in [2.45, 2.75) is 46.1 Å². The molecule has 0 unspecified atom stereocenters. The van der Waals surface area contributed by atoms with Gasteiger partial charge in [0, 0.05) is 17.1 Å². The number of azo groups is 1. The summed E-state index contributed by atoms with van der Waals surface area (Å²) < 4.78 is 1.21. The van der Waals surface area contributed by atoms with Gasteiger partial charge >= 0.3 is 0 Å². The molecular formula is C19H21ClN4O2. The molecule has 2 aromatic rings. The van der Waals surface area contributed by atoms with E-state index in [-0.39, 0.29) is 17.1 Å². The van der Waals surface area contributed by atoms with Crippen LogP contribution >= 0.6 is 11.6 Å². The topological polar surface area (TPSA) is 90.7 Å². The largest absolute Gasteiger partial charge is 0.493 e. The maximum atomic E-state index is 12.7. The molecular weight excluding hydrogens is 352 g/mol. The smallest absolute Gasteiger partial charge is 0.281 e. The number of nitrogens with zero attached hydrogens (tertiary/aromatic N) is 4. The predicted molar refractivity (Wildman–Crippen MR) is 102 cm³/mol. The fourth-order valence-electron chi connectivity index (χ4n) is 2.58. The number of nitriles is 1. The normalized spacial score (nSPS) is 11.0. The van der Waals surface area contributed by atoms with Crippen molar-refractivity contribution in [1.29, 1.82) is 5.26 Å². The Balaban J connectivity index is 2.43. The van der Waals surface area contributed by atoms with Crippen molar-refractivity contribution >= 4 is 23.0 Å². The first-order valence-electron chi connectivity index (χ1n) is 8.53. The number of unbranched alkanes of at least 4 members (excludes halogenated alkanes) is 3. The highest BCUT2D eigenvalue weighted by molar-refractivity contribution is 6.30. The van der Waals surface area contributed by atoms with Gasteiger partial charge in [-0.05, 0) is 37.6 Å². The van der Waals surface area contributed by atoms with Crippen LogP contribution in [0.2, 0.25) is 5.02 Å². The predicted octanol–water partition coefficient (Wildman–Crippen LogP) is 5.38. The zero-order chi connectivity index (χ0) is 19.1. The van der Waals surface area contributed by atoms with E-state index in [1.165, 1.54) is 4.57 Å². The number of pyridine rings is 1. The summed E-state index contributed by atoms with van der Waals surface area (Å²) in [4.78, 5) is 12.7. The molecule has 0 amide bonds. The average Bonchev–Trinajstić information content (AvgIpc) is 2.63. The Bertz CT molecular complexity index is 896. The van der Waals surface area contributed by atoms with Crippen LogP contribution in [0.15, 0.2) is 39.3 Å². The Hall–Kier alpha value is -2.65. The maximum absolute atomic E-state index is 12.7. The summed E-state index contributed by atoms with van der Waals surface area (Å²) in [7, 11) is 0. The number of hydrogen-bond acceptors (Lipinski definition) is 5. The van der Waals surface area contributed by atoms with Crippen molar-refractivity contribution in [1.82, 2.24) is 4.57 Å². The van der Waals surface area contributed by atoms with E-state index in [1.807, 2.05) is 6.07 Å². The maximum Gasteiger partial charge on any atom is 0.281 e. The molecule has 0 aliphatic carbocycles. The van der Waals surface area contributed by atoms with Crippen LogP contribution in [-0.2, 0) is 6.54 Å². The van der Waals surface area contributed by atoms with E-state index in [4.69, 9.17) is 11.6 Å². The van der Waals surface area contributed by atoms with Gasteiger partial charge in [0.25, 0.3) is 5.56 Å². The lowest BCUT2D eigenvalue weighted by atomic mass is 10.1. The van der Waals surface area contributed by atoms with Crippen molar-refractivity contribution in [2.75, 3.05) is 0 Å². The average molecular weight is 373 g/mol. The molecule has 7 heteroatoms. The molecule has 0 atom stereocenters. The van der Waals surface area contributed by atoms with Gasteiger partial charge in [-0.3, -0.25) is 9.36 Å². The Morgan fingerprint density at radius 2 is 1.88 bits per heavy atom. The molecule has 0 saturated heterocycles. The highest BCUT2D eigenvalue weighted by Gasteiger charge is 2.18. The second-order valence-corrected chi connectivity index (χ2v) is 6.41. The third-order valence-electron chi connectivity index (χ3n) is 4.10. The second kappa shape index (κ2) is 9.16. The number of halogens is 1. The minimum atomic E-state index is -0.451. The van der Waals surface area contributed by atoms with E-state index in [2.05, 4.69) is 17.2 Å². The molecule has 0 radical (unpaired) electrons. The van der Waals surface area contributed by atoms with Crippen LogP contribution in [0.3, 0.4) is 0 Å². The molecule has 0 spiro atoms. The lowest BCUT2D eigenvalue weighted by Crippen LogP contribution is -2.22. The summed E-state index contributed by atoms with van der Waals surface area (Å²) in [6.07, 6.45) is 3.80. The molecule has 0 fully saturated rings. The van der Waals surface area contributed by atoms with Gasteiger partial charge in [-0.2, -0.15) is 10.4 Å². The van der Waals surface area contributed by atoms with E-state index in [9.17, 15) is 15.2 Å². The number of aromatic nitrogens is 1. The Morgan fingerprint density at radius 1 is 1.19 bits per heavy atom. The summed E-state index contributed by atoms with van der Waals surface area (Å²) in [6.45, 7) is 4.01. The molecule has 0 aliphatic heterocycles. The molecule has 1 N–H and O–H groups in total. The third kappa shape index (κ3) is 4.50. The lowest BCUT2D eigenvalue weighted by Gasteiger charge is -2.12. The Morgan fingerprint density at radius 3 is 2.50 bits per heavy atom. The minimum Gasteiger partial charge on any atom is -0.493 e. The molecule has 2 rings (SSSR count). The van der Waals surface area contributed by atoms with Crippen LogP contribution in [0, 0.1) is 18.3 Å². The molecule has 0 aliphatic rings. The van der Waals surface area contributed by atoms with Gasteiger partial charge in [0.05, 0.1) is 5.69 Å². The molecule has 0 saturated carbocycles. The van der Waals surface area contributed by atoms with E-state index in [0.717, 1.165) is 25.7 Å². The number of benzene rings is 1. The van der Waals surface area contributed by atoms with Crippen LogP contribution in [0.5, 0.6) is 5.88 Å². The fraction of sp³-hybridized carbons (Fsp3) is 0.368. The molecule has 1 aromatic carbocycles. The zero-order valence-electron chi connectivity index (χ0n) is 14.9. The number of hydrogen-bond donors (Lipinski definition) is 1. The van der Waals surface area contributed by atoms with Crippen LogP contribution in [0.25, 0.3) is 0 Å². The first kappa shape index (κ1) is 19.7. The minimum absolute atomic E-state index is 0.0464. The summed E-state index contributed by atoms with van der Waals surface area (Å²) in [5.41, 5.74) is 0.509. The van der Waals surface area contributed by atoms with Crippen molar-refractivity contribution in [3.05, 3.63) is 50.8 Å². The van der Waals surface area contributed by atoms with Gasteiger partial charge in [-0.25, -0.2) is 0 Å². The van der Waals surface area contributed by atoms with Crippen molar-refractivity contribution in [2.24, 2.45) is 10.2 Å². The first-order valence-corrected chi connectivity index (χ1v) is 8.91. The number of aromatic hydroxyl groups is 1. The first-order chi connectivity index (χ1) is 12.5. The Kier molecular flexibility index (Phi) is 6.93. The lowest BCUT2D eigenvalue weighted by molar-refractivity contribution is 0.397. The van der Waals surface area contributed by atoms with E-state index < -0.39 is 5.56 Å². The molecule has 1 aromatic heterocycles. The van der Waals surface area contributed by atoms with Crippen LogP contribution in [0.4, 0.5) is 11.4 Å². The monoisotopic (exact) mass is 372 g/mol. The Labute approximate surface area is 157 Å². The van der Waals surface area contributed by atoms with E-state index in [1.54, 1.807) is 31.2 Å². The highest BCUT2D eigenvalue weighted by atomic mass is 35.5. The van der Waals surface area contributed by atoms with Gasteiger partial charge in [-0.1, -0.05) is 37.8 Å². The fourth-order valence-corrected chi connectivity index (χ4v) is 2.70. The SMILES string of the molecule is CCCCCCn1c(O)c(C#N)c(C)c(N=Nc2ccc(Cl)cc2)c1=O. The second-order valence-electron chi connectivity index (χ2n) is 5.98. The van der Waals surface area contributed by atoms with E-state index >= 15 is 0 Å². The highest BCUT2D eigenvalue weighted by Crippen LogP contribution is 2.27.